The third kappa shape index (κ3) is 7.12. The quantitative estimate of drug-likeness (QED) is 0.163. The molecule has 0 aliphatic carbocycles. The lowest BCUT2D eigenvalue weighted by atomic mass is 9.36. The molecule has 81 heavy (non-hydrogen) atoms. The van der Waals surface area contributed by atoms with Crippen LogP contribution >= 0.6 is 0 Å². The fourth-order valence-corrected chi connectivity index (χ4v) is 14.8. The van der Waals surface area contributed by atoms with Gasteiger partial charge in [-0.3, -0.25) is 0 Å². The van der Waals surface area contributed by atoms with Crippen molar-refractivity contribution in [1.29, 1.82) is 0 Å². The molecule has 6 aliphatic rings. The molecular weight excluding hydrogens is 975 g/mol. The largest absolute Gasteiger partial charge is 0.312 e. The molecule has 0 radical (unpaired) electrons. The van der Waals surface area contributed by atoms with Gasteiger partial charge in [0.25, 0.3) is 0 Å². The Morgan fingerprint density at radius 2 is 0.605 bits per heavy atom. The molecule has 18 rings (SSSR count). The van der Waals surface area contributed by atoms with E-state index in [2.05, 4.69) is 308 Å². The number of aryl methyl sites for hydroxylation is 3. The standard InChI is InChI=1S/3C25H18BN/c1-17-9-7-14-21-24(17)19-12-8-16-23-25(19)26(21)20-13-5-6-15-22(20)27(23)18-10-3-2-4-11-18;1-17-9-7-15-22-24(17)26-21-14-6-5-12-19(21)20-13-8-16-23(25(20)26)27(22)18-10-3-2-4-11-18;1-17-14-15-23-22(16-17)26-21-12-6-5-10-19(21)20-11-7-13-24(25(20)26)27(23)18-8-3-2-4-9-18/h3*2-16H,1H3. The maximum absolute atomic E-state index is 2.43. The smallest absolute Gasteiger partial charge is 0.248 e. The van der Waals surface area contributed by atoms with E-state index in [9.17, 15) is 0 Å². The van der Waals surface area contributed by atoms with E-state index in [1.165, 1.54) is 150 Å². The van der Waals surface area contributed by atoms with Crippen LogP contribution in [0.5, 0.6) is 0 Å². The molecule has 6 heterocycles. The van der Waals surface area contributed by atoms with Crippen LogP contribution < -0.4 is 63.9 Å². The molecule has 0 amide bonds. The second-order valence-corrected chi connectivity index (χ2v) is 22.4. The minimum atomic E-state index is 0.322. The zero-order valence-corrected chi connectivity index (χ0v) is 45.6. The SMILES string of the molecule is Cc1ccc2c(c1)B1c3ccccc3-c3cccc(c31)N2c1ccccc1.Cc1cccc2c1-c1cccc3c1B2c1ccccc1N3c1ccccc1.Cc1cccc2c1B1c3ccccc3-c3cccc(c31)N2c1ccccc1. The molecule has 6 aliphatic heterocycles. The van der Waals surface area contributed by atoms with Crippen molar-refractivity contribution in [2.45, 2.75) is 20.8 Å². The third-order valence-corrected chi connectivity index (χ3v) is 17.9. The van der Waals surface area contributed by atoms with Gasteiger partial charge >= 0.3 is 0 Å². The lowest BCUT2D eigenvalue weighted by molar-refractivity contribution is 1.28. The summed E-state index contributed by atoms with van der Waals surface area (Å²) in [5.74, 6) is 0. The van der Waals surface area contributed by atoms with Crippen LogP contribution in [0.3, 0.4) is 0 Å². The predicted molar refractivity (Wildman–Crippen MR) is 348 cm³/mol. The number of rotatable bonds is 3. The van der Waals surface area contributed by atoms with Gasteiger partial charge in [0.1, 0.15) is 0 Å². The summed E-state index contributed by atoms with van der Waals surface area (Å²) in [7, 11) is 0. The highest BCUT2D eigenvalue weighted by atomic mass is 15.2. The number of para-hydroxylation sites is 4. The van der Waals surface area contributed by atoms with Crippen molar-refractivity contribution in [2.75, 3.05) is 14.7 Å². The summed E-state index contributed by atoms with van der Waals surface area (Å²) in [6.45, 7) is 7.63. The molecule has 0 bridgehead atoms. The van der Waals surface area contributed by atoms with Crippen LogP contribution in [0.25, 0.3) is 33.4 Å². The molecule has 0 spiro atoms. The van der Waals surface area contributed by atoms with E-state index >= 15 is 0 Å². The summed E-state index contributed by atoms with van der Waals surface area (Å²) in [6, 6.07) is 99.4. The van der Waals surface area contributed by atoms with Gasteiger partial charge < -0.3 is 14.7 Å². The predicted octanol–water partition coefficient (Wildman–Crippen LogP) is 12.8. The fraction of sp³-hybridized carbons (Fsp3) is 0.0400. The van der Waals surface area contributed by atoms with Crippen LogP contribution in [0, 0.1) is 20.8 Å². The van der Waals surface area contributed by atoms with E-state index in [1.807, 2.05) is 0 Å². The summed E-state index contributed by atoms with van der Waals surface area (Å²) in [6.07, 6.45) is 0. The summed E-state index contributed by atoms with van der Waals surface area (Å²) in [5, 5.41) is 0. The highest BCUT2D eigenvalue weighted by molar-refractivity contribution is 7.03. The van der Waals surface area contributed by atoms with Crippen molar-refractivity contribution in [2.24, 2.45) is 0 Å². The second kappa shape index (κ2) is 18.7. The summed E-state index contributed by atoms with van der Waals surface area (Å²) in [4.78, 5) is 7.28. The highest BCUT2D eigenvalue weighted by Gasteiger charge is 2.45. The first-order chi connectivity index (χ1) is 40.0. The van der Waals surface area contributed by atoms with Gasteiger partial charge in [-0.05, 0) is 165 Å². The zero-order valence-electron chi connectivity index (χ0n) is 45.6. The Kier molecular flexibility index (Phi) is 10.9. The lowest BCUT2D eigenvalue weighted by Gasteiger charge is -2.36. The van der Waals surface area contributed by atoms with E-state index < -0.39 is 0 Å². The van der Waals surface area contributed by atoms with Gasteiger partial charge in [0.15, 0.2) is 0 Å². The van der Waals surface area contributed by atoms with E-state index in [-0.39, 0.29) is 0 Å². The monoisotopic (exact) mass is 1030 g/mol. The van der Waals surface area contributed by atoms with Gasteiger partial charge in [0.2, 0.25) is 20.1 Å². The summed E-state index contributed by atoms with van der Waals surface area (Å²) >= 11 is 0. The van der Waals surface area contributed by atoms with Crippen molar-refractivity contribution in [1.82, 2.24) is 0 Å². The number of fused-ring (bicyclic) bond motifs is 15. The first-order valence-corrected chi connectivity index (χ1v) is 28.5. The first-order valence-electron chi connectivity index (χ1n) is 28.5. The number of benzene rings is 12. The Balaban J connectivity index is 0.000000100. The van der Waals surface area contributed by atoms with Gasteiger partial charge in [0, 0.05) is 51.2 Å². The van der Waals surface area contributed by atoms with Gasteiger partial charge in [-0.15, -0.1) is 0 Å². The van der Waals surface area contributed by atoms with Crippen molar-refractivity contribution in [3.8, 4) is 33.4 Å². The van der Waals surface area contributed by atoms with Crippen molar-refractivity contribution in [3.63, 3.8) is 0 Å². The topological polar surface area (TPSA) is 9.72 Å². The van der Waals surface area contributed by atoms with Crippen LogP contribution in [0.15, 0.2) is 273 Å². The Morgan fingerprint density at radius 3 is 1.20 bits per heavy atom. The van der Waals surface area contributed by atoms with Crippen LogP contribution in [-0.4, -0.2) is 20.1 Å². The maximum Gasteiger partial charge on any atom is 0.248 e. The normalized spacial score (nSPS) is 13.2. The average Bonchev–Trinajstić information content (AvgIpc) is 4.30. The van der Waals surface area contributed by atoms with E-state index in [0.717, 1.165) is 0 Å². The average molecular weight is 1030 g/mol. The molecule has 12 aromatic rings. The molecule has 6 heteroatoms. The number of nitrogens with zero attached hydrogens (tertiary/aromatic N) is 3. The van der Waals surface area contributed by atoms with Crippen LogP contribution in [0.4, 0.5) is 51.2 Å². The molecule has 0 saturated heterocycles. The maximum atomic E-state index is 2.43. The van der Waals surface area contributed by atoms with Crippen LogP contribution in [-0.2, 0) is 0 Å². The number of hydrogen-bond acceptors (Lipinski definition) is 3. The van der Waals surface area contributed by atoms with E-state index in [0.29, 0.717) is 20.1 Å². The van der Waals surface area contributed by atoms with Crippen molar-refractivity contribution < 1.29 is 0 Å². The Hall–Kier alpha value is -9.77. The summed E-state index contributed by atoms with van der Waals surface area (Å²) in [5.41, 5.74) is 36.7. The molecule has 0 atom stereocenters. The molecule has 0 saturated carbocycles. The Morgan fingerprint density at radius 1 is 0.235 bits per heavy atom. The molecule has 0 N–H and O–H groups in total. The molecule has 0 unspecified atom stereocenters. The Labute approximate surface area is 476 Å². The van der Waals surface area contributed by atoms with Gasteiger partial charge in [-0.1, -0.05) is 228 Å². The van der Waals surface area contributed by atoms with Gasteiger partial charge in [-0.2, -0.15) is 0 Å². The van der Waals surface area contributed by atoms with E-state index in [4.69, 9.17) is 0 Å². The summed E-state index contributed by atoms with van der Waals surface area (Å²) < 4.78 is 0. The van der Waals surface area contributed by atoms with Crippen molar-refractivity contribution >= 4 is 120 Å². The zero-order chi connectivity index (χ0) is 53.9. The van der Waals surface area contributed by atoms with E-state index in [1.54, 1.807) is 0 Å². The molecule has 0 fully saturated rings. The first kappa shape index (κ1) is 47.3. The highest BCUT2D eigenvalue weighted by Crippen LogP contribution is 2.44. The fourth-order valence-electron chi connectivity index (χ4n) is 14.8. The van der Waals surface area contributed by atoms with Gasteiger partial charge in [0.05, 0.1) is 0 Å². The van der Waals surface area contributed by atoms with Crippen LogP contribution in [0.1, 0.15) is 16.7 Å². The van der Waals surface area contributed by atoms with Crippen LogP contribution in [0.2, 0.25) is 0 Å². The lowest BCUT2D eigenvalue weighted by Crippen LogP contribution is -2.55. The second-order valence-electron chi connectivity index (χ2n) is 22.4. The molecular formula is C75H54B3N3. The molecule has 12 aromatic carbocycles. The third-order valence-electron chi connectivity index (χ3n) is 17.9. The number of anilines is 9. The number of hydrogen-bond donors (Lipinski definition) is 0. The van der Waals surface area contributed by atoms with Gasteiger partial charge in [-0.25, -0.2) is 0 Å². The Bertz CT molecular complexity index is 4500. The minimum Gasteiger partial charge on any atom is -0.312 e. The molecule has 3 nitrogen and oxygen atoms in total. The van der Waals surface area contributed by atoms with Crippen molar-refractivity contribution in [3.05, 3.63) is 290 Å². The molecule has 378 valence electrons. The molecule has 0 aromatic heterocycles. The minimum absolute atomic E-state index is 0.322.